The third-order valence-corrected chi connectivity index (χ3v) is 4.89. The molecule has 0 aliphatic rings. The summed E-state index contributed by atoms with van der Waals surface area (Å²) in [5.74, 6) is -0.166. The zero-order chi connectivity index (χ0) is 22.1. The molecular formula is C24H33N3O3. The van der Waals surface area contributed by atoms with Crippen LogP contribution in [0.1, 0.15) is 22.3 Å². The van der Waals surface area contributed by atoms with Gasteiger partial charge in [-0.3, -0.25) is 14.5 Å². The minimum absolute atomic E-state index is 0.0334. The van der Waals surface area contributed by atoms with E-state index in [1.165, 1.54) is 5.56 Å². The second-order valence-electron chi connectivity index (χ2n) is 7.79. The number of carbonyl (C=O) groups is 2. The lowest BCUT2D eigenvalue weighted by Crippen LogP contribution is -2.42. The van der Waals surface area contributed by atoms with E-state index in [0.717, 1.165) is 22.4 Å². The normalized spacial score (nSPS) is 10.9. The Bertz CT molecular complexity index is 829. The molecule has 0 unspecified atom stereocenters. The molecule has 2 rings (SSSR count). The highest BCUT2D eigenvalue weighted by Crippen LogP contribution is 2.21. The van der Waals surface area contributed by atoms with Crippen LogP contribution in [0.2, 0.25) is 0 Å². The van der Waals surface area contributed by atoms with Gasteiger partial charge in [0.05, 0.1) is 19.7 Å². The summed E-state index contributed by atoms with van der Waals surface area (Å²) in [4.78, 5) is 28.9. The lowest BCUT2D eigenvalue weighted by molar-refractivity contribution is -0.133. The number of rotatable bonds is 10. The zero-order valence-corrected chi connectivity index (χ0v) is 18.7. The van der Waals surface area contributed by atoms with Gasteiger partial charge in [-0.25, -0.2) is 0 Å². The van der Waals surface area contributed by atoms with Crippen LogP contribution in [0, 0.1) is 20.8 Å². The van der Waals surface area contributed by atoms with E-state index in [-0.39, 0.29) is 24.9 Å². The number of hydrogen-bond acceptors (Lipinski definition) is 4. The average Bonchev–Trinajstić information content (AvgIpc) is 2.68. The van der Waals surface area contributed by atoms with Crippen molar-refractivity contribution < 1.29 is 14.3 Å². The van der Waals surface area contributed by atoms with Gasteiger partial charge in [0.25, 0.3) is 0 Å². The van der Waals surface area contributed by atoms with Crippen molar-refractivity contribution in [1.29, 1.82) is 0 Å². The largest absolute Gasteiger partial charge is 0.383 e. The van der Waals surface area contributed by atoms with Crippen LogP contribution >= 0.6 is 0 Å². The van der Waals surface area contributed by atoms with Crippen molar-refractivity contribution in [2.24, 2.45) is 0 Å². The van der Waals surface area contributed by atoms with Crippen LogP contribution in [0.3, 0.4) is 0 Å². The van der Waals surface area contributed by atoms with Gasteiger partial charge in [-0.2, -0.15) is 0 Å². The van der Waals surface area contributed by atoms with Crippen LogP contribution in [0.15, 0.2) is 42.5 Å². The molecule has 0 saturated heterocycles. The first-order valence-corrected chi connectivity index (χ1v) is 10.2. The quantitative estimate of drug-likeness (QED) is 0.652. The highest BCUT2D eigenvalue weighted by atomic mass is 16.5. The molecule has 0 aliphatic heterocycles. The molecular weight excluding hydrogens is 378 g/mol. The van der Waals surface area contributed by atoms with Crippen molar-refractivity contribution in [2.45, 2.75) is 27.3 Å². The molecule has 30 heavy (non-hydrogen) atoms. The Morgan fingerprint density at radius 3 is 2.23 bits per heavy atom. The first-order valence-electron chi connectivity index (χ1n) is 10.2. The second kappa shape index (κ2) is 11.5. The fourth-order valence-corrected chi connectivity index (χ4v) is 3.49. The fraction of sp³-hybridized carbons (Fsp3) is 0.417. The number of aryl methyl sites for hydroxylation is 3. The highest BCUT2D eigenvalue weighted by molar-refractivity contribution is 5.94. The van der Waals surface area contributed by atoms with Crippen molar-refractivity contribution in [3.8, 4) is 0 Å². The predicted molar refractivity (Wildman–Crippen MR) is 121 cm³/mol. The van der Waals surface area contributed by atoms with Gasteiger partial charge in [-0.1, -0.05) is 48.0 Å². The maximum Gasteiger partial charge on any atom is 0.238 e. The van der Waals surface area contributed by atoms with Crippen LogP contribution in [-0.2, 0) is 20.9 Å². The number of benzene rings is 2. The molecule has 0 radical (unpaired) electrons. The second-order valence-corrected chi connectivity index (χ2v) is 7.79. The number of methoxy groups -OCH3 is 1. The van der Waals surface area contributed by atoms with Crippen LogP contribution in [-0.4, -0.2) is 62.0 Å². The summed E-state index contributed by atoms with van der Waals surface area (Å²) in [7, 11) is 3.40. The van der Waals surface area contributed by atoms with E-state index in [0.29, 0.717) is 19.7 Å². The molecule has 0 aliphatic carbocycles. The van der Waals surface area contributed by atoms with Gasteiger partial charge in [0, 0.05) is 25.9 Å². The number of anilines is 1. The van der Waals surface area contributed by atoms with Crippen LogP contribution in [0.5, 0.6) is 0 Å². The zero-order valence-electron chi connectivity index (χ0n) is 18.7. The number of likely N-dealkylation sites (N-methyl/N-ethyl adjacent to an activating group) is 1. The Labute approximate surface area is 179 Å². The van der Waals surface area contributed by atoms with E-state index in [1.807, 2.05) is 63.2 Å². The first kappa shape index (κ1) is 23.6. The summed E-state index contributed by atoms with van der Waals surface area (Å²) >= 11 is 0. The molecule has 6 nitrogen and oxygen atoms in total. The van der Waals surface area contributed by atoms with Gasteiger partial charge >= 0.3 is 0 Å². The van der Waals surface area contributed by atoms with E-state index >= 15 is 0 Å². The Balaban J connectivity index is 1.94. The van der Waals surface area contributed by atoms with Crippen LogP contribution in [0.25, 0.3) is 0 Å². The highest BCUT2D eigenvalue weighted by Gasteiger charge is 2.18. The van der Waals surface area contributed by atoms with Gasteiger partial charge < -0.3 is 15.0 Å². The van der Waals surface area contributed by atoms with E-state index < -0.39 is 0 Å². The SMILES string of the molecule is COCCN(Cc1ccccc1)C(=O)CN(C)CC(=O)Nc1c(C)cc(C)cc1C. The van der Waals surface area contributed by atoms with Gasteiger partial charge in [-0.15, -0.1) is 0 Å². The minimum Gasteiger partial charge on any atom is -0.383 e. The molecule has 0 fully saturated rings. The van der Waals surface area contributed by atoms with E-state index in [9.17, 15) is 9.59 Å². The van der Waals surface area contributed by atoms with Crippen molar-refractivity contribution in [2.75, 3.05) is 45.7 Å². The van der Waals surface area contributed by atoms with Gasteiger partial charge in [0.2, 0.25) is 11.8 Å². The molecule has 2 aromatic rings. The monoisotopic (exact) mass is 411 g/mol. The number of amides is 2. The third-order valence-electron chi connectivity index (χ3n) is 4.89. The Morgan fingerprint density at radius 1 is 1.00 bits per heavy atom. The molecule has 2 amide bonds. The Kier molecular flexibility index (Phi) is 9.02. The maximum absolute atomic E-state index is 12.8. The number of hydrogen-bond donors (Lipinski definition) is 1. The summed E-state index contributed by atoms with van der Waals surface area (Å²) in [6, 6.07) is 14.0. The van der Waals surface area contributed by atoms with Crippen molar-refractivity contribution in [1.82, 2.24) is 9.80 Å². The molecule has 0 saturated carbocycles. The topological polar surface area (TPSA) is 61.9 Å². The summed E-state index contributed by atoms with van der Waals surface area (Å²) in [6.45, 7) is 7.80. The van der Waals surface area contributed by atoms with Crippen molar-refractivity contribution >= 4 is 17.5 Å². The third kappa shape index (κ3) is 7.28. The summed E-state index contributed by atoms with van der Waals surface area (Å²) in [6.07, 6.45) is 0. The Hall–Kier alpha value is -2.70. The Morgan fingerprint density at radius 2 is 1.63 bits per heavy atom. The van der Waals surface area contributed by atoms with Crippen LogP contribution < -0.4 is 5.32 Å². The molecule has 0 aromatic heterocycles. The molecule has 1 N–H and O–H groups in total. The molecule has 2 aromatic carbocycles. The lowest BCUT2D eigenvalue weighted by atomic mass is 10.1. The van der Waals surface area contributed by atoms with Gasteiger partial charge in [-0.05, 0) is 44.5 Å². The maximum atomic E-state index is 12.8. The van der Waals surface area contributed by atoms with Crippen molar-refractivity contribution in [3.05, 3.63) is 64.7 Å². The number of nitrogens with one attached hydrogen (secondary N) is 1. The fourth-order valence-electron chi connectivity index (χ4n) is 3.49. The molecule has 6 heteroatoms. The van der Waals surface area contributed by atoms with Gasteiger partial charge in [0.15, 0.2) is 0 Å². The predicted octanol–water partition coefficient (Wildman–Crippen LogP) is 3.16. The average molecular weight is 412 g/mol. The van der Waals surface area contributed by atoms with E-state index in [4.69, 9.17) is 4.74 Å². The van der Waals surface area contributed by atoms with Crippen LogP contribution in [0.4, 0.5) is 5.69 Å². The van der Waals surface area contributed by atoms with Crippen molar-refractivity contribution in [3.63, 3.8) is 0 Å². The molecule has 0 spiro atoms. The lowest BCUT2D eigenvalue weighted by Gasteiger charge is -2.25. The summed E-state index contributed by atoms with van der Waals surface area (Å²) in [5, 5.41) is 2.99. The summed E-state index contributed by atoms with van der Waals surface area (Å²) < 4.78 is 5.16. The smallest absolute Gasteiger partial charge is 0.238 e. The minimum atomic E-state index is -0.133. The molecule has 162 valence electrons. The van der Waals surface area contributed by atoms with E-state index in [1.54, 1.807) is 24.0 Å². The van der Waals surface area contributed by atoms with E-state index in [2.05, 4.69) is 5.32 Å². The van der Waals surface area contributed by atoms with Gasteiger partial charge in [0.1, 0.15) is 0 Å². The molecule has 0 bridgehead atoms. The number of ether oxygens (including phenoxy) is 1. The standard InChI is InChI=1S/C24H33N3O3/c1-18-13-19(2)24(20(3)14-18)25-22(28)16-26(4)17-23(29)27(11-12-30-5)15-21-9-7-6-8-10-21/h6-10,13-14H,11-12,15-17H2,1-5H3,(H,25,28). The molecule has 0 heterocycles. The molecule has 0 atom stereocenters. The first-order chi connectivity index (χ1) is 14.3. The summed E-state index contributed by atoms with van der Waals surface area (Å²) in [5.41, 5.74) is 5.14. The number of carbonyl (C=O) groups excluding carboxylic acids is 2. The number of nitrogens with zero attached hydrogens (tertiary/aromatic N) is 2.